The van der Waals surface area contributed by atoms with Gasteiger partial charge in [0.05, 0.1) is 5.69 Å². The Morgan fingerprint density at radius 1 is 1.27 bits per heavy atom. The molecule has 1 aliphatic rings. The summed E-state index contributed by atoms with van der Waals surface area (Å²) in [5, 5.41) is 8.80. The predicted molar refractivity (Wildman–Crippen MR) is 88.4 cm³/mol. The van der Waals surface area contributed by atoms with Crippen LogP contribution in [0.5, 0.6) is 0 Å². The number of aryl methyl sites for hydroxylation is 1. The minimum absolute atomic E-state index is 0.262. The van der Waals surface area contributed by atoms with Gasteiger partial charge in [-0.15, -0.1) is 0 Å². The van der Waals surface area contributed by atoms with Crippen LogP contribution in [-0.2, 0) is 17.6 Å². The van der Waals surface area contributed by atoms with Crippen LogP contribution in [0.1, 0.15) is 51.2 Å². The molecule has 22 heavy (non-hydrogen) atoms. The predicted octanol–water partition coefficient (Wildman–Crippen LogP) is 3.69. The molecule has 0 aromatic heterocycles. The van der Waals surface area contributed by atoms with Crippen LogP contribution in [0.3, 0.4) is 0 Å². The van der Waals surface area contributed by atoms with Gasteiger partial charge in [-0.3, -0.25) is 4.90 Å². The lowest BCUT2D eigenvalue weighted by molar-refractivity contribution is 0.0584. The van der Waals surface area contributed by atoms with Crippen molar-refractivity contribution in [3.8, 4) is 0 Å². The van der Waals surface area contributed by atoms with Crippen molar-refractivity contribution in [3.63, 3.8) is 0 Å². The van der Waals surface area contributed by atoms with Crippen molar-refractivity contribution in [1.82, 2.24) is 0 Å². The molecule has 4 heteroatoms. The van der Waals surface area contributed by atoms with Gasteiger partial charge >= 0.3 is 6.09 Å². The largest absolute Gasteiger partial charge is 0.443 e. The molecular formula is C18H27NO3. The monoisotopic (exact) mass is 305 g/mol. The molecule has 1 N–H and O–H groups in total. The number of hydrogen-bond acceptors (Lipinski definition) is 3. The summed E-state index contributed by atoms with van der Waals surface area (Å²) in [7, 11) is 0. The van der Waals surface area contributed by atoms with Gasteiger partial charge in [-0.2, -0.15) is 0 Å². The average Bonchev–Trinajstić information content (AvgIpc) is 2.85. The van der Waals surface area contributed by atoms with Gasteiger partial charge in [0.2, 0.25) is 0 Å². The van der Waals surface area contributed by atoms with Crippen molar-refractivity contribution >= 4 is 11.8 Å². The molecule has 0 unspecified atom stereocenters. The summed E-state index contributed by atoms with van der Waals surface area (Å²) < 4.78 is 5.46. The second-order valence-electron chi connectivity index (χ2n) is 6.88. The van der Waals surface area contributed by atoms with E-state index in [1.165, 1.54) is 11.1 Å². The van der Waals surface area contributed by atoms with E-state index in [1.54, 1.807) is 4.90 Å². The van der Waals surface area contributed by atoms with Crippen molar-refractivity contribution in [1.29, 1.82) is 0 Å². The van der Waals surface area contributed by atoms with E-state index in [0.717, 1.165) is 37.8 Å². The topological polar surface area (TPSA) is 49.8 Å². The number of fused-ring (bicyclic) bond motifs is 1. The Morgan fingerprint density at radius 2 is 2.05 bits per heavy atom. The van der Waals surface area contributed by atoms with E-state index < -0.39 is 5.60 Å². The van der Waals surface area contributed by atoms with Crippen molar-refractivity contribution in [3.05, 3.63) is 29.3 Å². The molecule has 1 amide bonds. The molecule has 0 radical (unpaired) electrons. The average molecular weight is 305 g/mol. The summed E-state index contributed by atoms with van der Waals surface area (Å²) in [6, 6.07) is 6.34. The summed E-state index contributed by atoms with van der Waals surface area (Å²) in [6.07, 6.45) is 4.67. The minimum Gasteiger partial charge on any atom is -0.443 e. The number of unbranched alkanes of at least 4 members (excludes halogenated alkanes) is 2. The minimum atomic E-state index is -0.466. The van der Waals surface area contributed by atoms with Crippen molar-refractivity contribution < 1.29 is 14.6 Å². The summed E-state index contributed by atoms with van der Waals surface area (Å²) in [4.78, 5) is 14.0. The third-order valence-corrected chi connectivity index (χ3v) is 3.78. The van der Waals surface area contributed by atoms with Gasteiger partial charge in [-0.05, 0) is 63.6 Å². The Bertz CT molecular complexity index is 520. The quantitative estimate of drug-likeness (QED) is 0.844. The highest BCUT2D eigenvalue weighted by Gasteiger charge is 2.28. The molecule has 0 bridgehead atoms. The molecule has 0 atom stereocenters. The van der Waals surface area contributed by atoms with Crippen molar-refractivity contribution in [2.24, 2.45) is 0 Å². The van der Waals surface area contributed by atoms with E-state index >= 15 is 0 Å². The number of carbonyl (C=O) groups is 1. The number of nitrogens with zero attached hydrogens (tertiary/aromatic N) is 1. The lowest BCUT2D eigenvalue weighted by Crippen LogP contribution is -2.35. The number of anilines is 1. The first kappa shape index (κ1) is 16.8. The third-order valence-electron chi connectivity index (χ3n) is 3.78. The molecule has 4 nitrogen and oxygen atoms in total. The molecule has 2 rings (SSSR count). The first-order chi connectivity index (χ1) is 10.4. The number of amides is 1. The standard InChI is InChI=1S/C18H27NO3/c1-18(2,3)22-17(21)19-11-10-15-13-14(8-9-16(15)19)7-5-4-6-12-20/h8-9,13,20H,4-7,10-12H2,1-3H3. The molecule has 1 aromatic rings. The van der Waals surface area contributed by atoms with Crippen LogP contribution in [0.15, 0.2) is 18.2 Å². The van der Waals surface area contributed by atoms with Gasteiger partial charge < -0.3 is 9.84 Å². The molecule has 0 aliphatic carbocycles. The number of aliphatic hydroxyl groups is 1. The fraction of sp³-hybridized carbons (Fsp3) is 0.611. The highest BCUT2D eigenvalue weighted by Crippen LogP contribution is 2.30. The van der Waals surface area contributed by atoms with Gasteiger partial charge in [-0.25, -0.2) is 4.79 Å². The zero-order valence-electron chi connectivity index (χ0n) is 13.9. The summed E-state index contributed by atoms with van der Waals surface area (Å²) in [5.74, 6) is 0. The zero-order chi connectivity index (χ0) is 16.2. The smallest absolute Gasteiger partial charge is 0.414 e. The van der Waals surface area contributed by atoms with Gasteiger partial charge in [0.25, 0.3) is 0 Å². The number of hydrogen-bond donors (Lipinski definition) is 1. The fourth-order valence-electron chi connectivity index (χ4n) is 2.73. The number of ether oxygens (including phenoxy) is 1. The number of aliphatic hydroxyl groups excluding tert-OH is 1. The van der Waals surface area contributed by atoms with E-state index in [9.17, 15) is 4.79 Å². The van der Waals surface area contributed by atoms with Crippen molar-refractivity contribution in [2.45, 2.75) is 58.5 Å². The SMILES string of the molecule is CC(C)(C)OC(=O)N1CCc2cc(CCCCCO)ccc21. The molecule has 0 saturated heterocycles. The van der Waals surface area contributed by atoms with Gasteiger partial charge in [0.15, 0.2) is 0 Å². The molecule has 0 spiro atoms. The van der Waals surface area contributed by atoms with E-state index in [1.807, 2.05) is 26.8 Å². The Hall–Kier alpha value is -1.55. The van der Waals surface area contributed by atoms with Gasteiger partial charge in [0, 0.05) is 13.2 Å². The third kappa shape index (κ3) is 4.47. The zero-order valence-corrected chi connectivity index (χ0v) is 13.9. The molecule has 1 aliphatic heterocycles. The van der Waals surface area contributed by atoms with Crippen LogP contribution < -0.4 is 4.90 Å². The van der Waals surface area contributed by atoms with Crippen LogP contribution in [0.4, 0.5) is 10.5 Å². The van der Waals surface area contributed by atoms with Crippen LogP contribution in [0.2, 0.25) is 0 Å². The lowest BCUT2D eigenvalue weighted by atomic mass is 10.0. The lowest BCUT2D eigenvalue weighted by Gasteiger charge is -2.24. The first-order valence-electron chi connectivity index (χ1n) is 8.14. The maximum atomic E-state index is 12.2. The molecule has 0 saturated carbocycles. The Morgan fingerprint density at radius 3 is 2.73 bits per heavy atom. The maximum absolute atomic E-state index is 12.2. The van der Waals surface area contributed by atoms with Crippen molar-refractivity contribution in [2.75, 3.05) is 18.1 Å². The highest BCUT2D eigenvalue weighted by atomic mass is 16.6. The Balaban J connectivity index is 1.99. The van der Waals surface area contributed by atoms with Gasteiger partial charge in [0.1, 0.15) is 5.60 Å². The van der Waals surface area contributed by atoms with Crippen LogP contribution >= 0.6 is 0 Å². The van der Waals surface area contributed by atoms with Crippen LogP contribution in [0.25, 0.3) is 0 Å². The highest BCUT2D eigenvalue weighted by molar-refractivity contribution is 5.90. The number of carbonyl (C=O) groups excluding carboxylic acids is 1. The number of benzene rings is 1. The van der Waals surface area contributed by atoms with E-state index in [2.05, 4.69) is 12.1 Å². The molecule has 122 valence electrons. The van der Waals surface area contributed by atoms with E-state index in [0.29, 0.717) is 6.54 Å². The van der Waals surface area contributed by atoms with Crippen LogP contribution in [-0.4, -0.2) is 30.0 Å². The molecule has 1 aromatic carbocycles. The maximum Gasteiger partial charge on any atom is 0.414 e. The summed E-state index contributed by atoms with van der Waals surface area (Å²) >= 11 is 0. The first-order valence-corrected chi connectivity index (χ1v) is 8.14. The van der Waals surface area contributed by atoms with Gasteiger partial charge in [-0.1, -0.05) is 18.6 Å². The molecular weight excluding hydrogens is 278 g/mol. The molecule has 1 heterocycles. The normalized spacial score (nSPS) is 14.1. The summed E-state index contributed by atoms with van der Waals surface area (Å²) in [5.41, 5.74) is 3.05. The Labute approximate surface area is 133 Å². The van der Waals surface area contributed by atoms with E-state index in [-0.39, 0.29) is 12.7 Å². The second kappa shape index (κ2) is 7.14. The fourth-order valence-corrected chi connectivity index (χ4v) is 2.73. The number of rotatable bonds is 5. The second-order valence-corrected chi connectivity index (χ2v) is 6.88. The summed E-state index contributed by atoms with van der Waals surface area (Å²) in [6.45, 7) is 6.62. The molecule has 0 fully saturated rings. The van der Waals surface area contributed by atoms with Crippen LogP contribution in [0, 0.1) is 0 Å². The van der Waals surface area contributed by atoms with E-state index in [4.69, 9.17) is 9.84 Å². The Kier molecular flexibility index (Phi) is 5.46.